The molecule has 0 N–H and O–H groups in total. The molecule has 0 saturated heterocycles. The van der Waals surface area contributed by atoms with E-state index in [0.717, 1.165) is 6.29 Å². The van der Waals surface area contributed by atoms with E-state index < -0.39 is 18.9 Å². The topological polar surface area (TPSA) is 26.3 Å². The summed E-state index contributed by atoms with van der Waals surface area (Å²) < 4.78 is 39.6. The first-order valence-electron chi connectivity index (χ1n) is 3.66. The maximum Gasteiger partial charge on any atom is 0.293 e. The van der Waals surface area contributed by atoms with E-state index in [0.29, 0.717) is 12.8 Å². The lowest BCUT2D eigenvalue weighted by Crippen LogP contribution is -2.36. The number of aldehydes is 1. The Balaban J connectivity index is 2.14. The number of hydrogen-bond acceptors (Lipinski definition) is 2. The highest BCUT2D eigenvalue weighted by atomic mass is 19.3. The van der Waals surface area contributed by atoms with Crippen molar-refractivity contribution in [3.63, 3.8) is 0 Å². The van der Waals surface area contributed by atoms with Crippen molar-refractivity contribution < 1.29 is 22.7 Å². The minimum absolute atomic E-state index is 0.139. The van der Waals surface area contributed by atoms with Crippen LogP contribution in [-0.4, -0.2) is 25.2 Å². The summed E-state index contributed by atoms with van der Waals surface area (Å²) >= 11 is 0. The smallest absolute Gasteiger partial charge is 0.293 e. The molecule has 1 atom stereocenters. The SMILES string of the molecule is O=CC1CC(OC(F)C(F)F)C1. The van der Waals surface area contributed by atoms with Crippen molar-refractivity contribution in [1.82, 2.24) is 0 Å². The van der Waals surface area contributed by atoms with Gasteiger partial charge in [-0.15, -0.1) is 0 Å². The molecule has 0 heterocycles. The van der Waals surface area contributed by atoms with Gasteiger partial charge in [-0.25, -0.2) is 13.2 Å². The minimum atomic E-state index is -3.10. The number of hydrogen-bond donors (Lipinski definition) is 0. The molecular weight excluding hydrogens is 173 g/mol. The van der Waals surface area contributed by atoms with Crippen LogP contribution in [0.1, 0.15) is 12.8 Å². The van der Waals surface area contributed by atoms with Gasteiger partial charge in [0.25, 0.3) is 12.8 Å². The molecule has 0 aromatic carbocycles. The highest BCUT2D eigenvalue weighted by Crippen LogP contribution is 2.30. The number of alkyl halides is 3. The van der Waals surface area contributed by atoms with Crippen molar-refractivity contribution in [2.45, 2.75) is 31.7 Å². The zero-order chi connectivity index (χ0) is 9.14. The molecule has 1 aliphatic carbocycles. The van der Waals surface area contributed by atoms with Crippen molar-refractivity contribution in [2.24, 2.45) is 5.92 Å². The van der Waals surface area contributed by atoms with Crippen LogP contribution in [0, 0.1) is 5.92 Å². The summed E-state index contributed by atoms with van der Waals surface area (Å²) in [7, 11) is 0. The fraction of sp³-hybridized carbons (Fsp3) is 0.857. The first-order valence-corrected chi connectivity index (χ1v) is 3.66. The summed E-state index contributed by atoms with van der Waals surface area (Å²) in [6, 6.07) is 0. The lowest BCUT2D eigenvalue weighted by Gasteiger charge is -2.32. The first-order chi connectivity index (χ1) is 5.63. The molecule has 0 aliphatic heterocycles. The predicted octanol–water partition coefficient (Wildman–Crippen LogP) is 1.54. The van der Waals surface area contributed by atoms with Crippen molar-refractivity contribution in [3.8, 4) is 0 Å². The van der Waals surface area contributed by atoms with Crippen LogP contribution in [0.2, 0.25) is 0 Å². The Hall–Kier alpha value is -0.580. The van der Waals surface area contributed by atoms with Crippen LogP contribution in [0.5, 0.6) is 0 Å². The van der Waals surface area contributed by atoms with E-state index in [1.807, 2.05) is 0 Å². The second-order valence-electron chi connectivity index (χ2n) is 2.81. The molecule has 0 aromatic heterocycles. The van der Waals surface area contributed by atoms with Crippen LogP contribution in [-0.2, 0) is 9.53 Å². The van der Waals surface area contributed by atoms with E-state index in [2.05, 4.69) is 4.74 Å². The molecule has 1 fully saturated rings. The first kappa shape index (κ1) is 9.51. The van der Waals surface area contributed by atoms with Gasteiger partial charge in [-0.1, -0.05) is 0 Å². The third kappa shape index (κ3) is 2.20. The fourth-order valence-corrected chi connectivity index (χ4v) is 1.07. The molecule has 0 spiro atoms. The molecule has 1 unspecified atom stereocenters. The van der Waals surface area contributed by atoms with Crippen LogP contribution in [0.4, 0.5) is 13.2 Å². The van der Waals surface area contributed by atoms with E-state index in [4.69, 9.17) is 0 Å². The van der Waals surface area contributed by atoms with Gasteiger partial charge in [-0.2, -0.15) is 0 Å². The van der Waals surface area contributed by atoms with Gasteiger partial charge in [0.05, 0.1) is 6.10 Å². The highest BCUT2D eigenvalue weighted by Gasteiger charge is 2.34. The standard InChI is InChI=1S/C7H9F3O2/c8-6(9)7(10)12-5-1-4(2-5)3-11/h3-7H,1-2H2. The number of ether oxygens (including phenoxy) is 1. The van der Waals surface area contributed by atoms with Gasteiger partial charge in [-0.05, 0) is 12.8 Å². The summed E-state index contributed by atoms with van der Waals surface area (Å²) in [5, 5.41) is 0. The summed E-state index contributed by atoms with van der Waals surface area (Å²) in [4.78, 5) is 10.1. The fourth-order valence-electron chi connectivity index (χ4n) is 1.07. The Morgan fingerprint density at radius 2 is 1.92 bits per heavy atom. The summed E-state index contributed by atoms with van der Waals surface area (Å²) in [5.74, 6) is -0.139. The molecular formula is C7H9F3O2. The highest BCUT2D eigenvalue weighted by molar-refractivity contribution is 5.55. The normalized spacial score (nSPS) is 31.3. The van der Waals surface area contributed by atoms with Gasteiger partial charge >= 0.3 is 0 Å². The quantitative estimate of drug-likeness (QED) is 0.616. The van der Waals surface area contributed by atoms with Crippen molar-refractivity contribution >= 4 is 6.29 Å². The van der Waals surface area contributed by atoms with E-state index in [-0.39, 0.29) is 5.92 Å². The molecule has 0 radical (unpaired) electrons. The van der Waals surface area contributed by atoms with Gasteiger partial charge in [-0.3, -0.25) is 0 Å². The van der Waals surface area contributed by atoms with Gasteiger partial charge in [0, 0.05) is 5.92 Å². The molecule has 0 aromatic rings. The molecule has 0 amide bonds. The molecule has 1 rings (SSSR count). The summed E-state index contributed by atoms with van der Waals surface area (Å²) in [6.07, 6.45) is -4.67. The van der Waals surface area contributed by atoms with Crippen LogP contribution in [0.25, 0.3) is 0 Å². The molecule has 70 valence electrons. The molecule has 1 aliphatic rings. The third-order valence-electron chi connectivity index (χ3n) is 1.84. The van der Waals surface area contributed by atoms with Gasteiger partial charge in [0.2, 0.25) is 0 Å². The largest absolute Gasteiger partial charge is 0.340 e. The molecule has 0 bridgehead atoms. The molecule has 12 heavy (non-hydrogen) atoms. The second-order valence-corrected chi connectivity index (χ2v) is 2.81. The van der Waals surface area contributed by atoms with Crippen molar-refractivity contribution in [2.75, 3.05) is 0 Å². The van der Waals surface area contributed by atoms with E-state index in [1.165, 1.54) is 0 Å². The minimum Gasteiger partial charge on any atom is -0.340 e. The maximum absolute atomic E-state index is 12.2. The number of carbonyl (C=O) groups excluding carboxylic acids is 1. The molecule has 1 saturated carbocycles. The number of halogens is 3. The van der Waals surface area contributed by atoms with E-state index in [9.17, 15) is 18.0 Å². The second kappa shape index (κ2) is 3.89. The zero-order valence-corrected chi connectivity index (χ0v) is 6.25. The van der Waals surface area contributed by atoms with Crippen LogP contribution in [0.15, 0.2) is 0 Å². The Kier molecular flexibility index (Phi) is 3.08. The van der Waals surface area contributed by atoms with Crippen LogP contribution >= 0.6 is 0 Å². The molecule has 2 nitrogen and oxygen atoms in total. The Morgan fingerprint density at radius 3 is 2.33 bits per heavy atom. The lowest BCUT2D eigenvalue weighted by molar-refractivity contribution is -0.182. The average molecular weight is 182 g/mol. The Labute approximate surface area is 67.7 Å². The van der Waals surface area contributed by atoms with Crippen LogP contribution < -0.4 is 0 Å². The number of rotatable bonds is 4. The van der Waals surface area contributed by atoms with Crippen LogP contribution in [0.3, 0.4) is 0 Å². The monoisotopic (exact) mass is 182 g/mol. The third-order valence-corrected chi connectivity index (χ3v) is 1.84. The average Bonchev–Trinajstić information content (AvgIpc) is 1.94. The van der Waals surface area contributed by atoms with Crippen molar-refractivity contribution in [3.05, 3.63) is 0 Å². The number of carbonyl (C=O) groups is 1. The summed E-state index contributed by atoms with van der Waals surface area (Å²) in [5.41, 5.74) is 0. The van der Waals surface area contributed by atoms with E-state index in [1.54, 1.807) is 0 Å². The van der Waals surface area contributed by atoms with Crippen molar-refractivity contribution in [1.29, 1.82) is 0 Å². The Bertz CT molecular complexity index is 157. The maximum atomic E-state index is 12.2. The van der Waals surface area contributed by atoms with E-state index >= 15 is 0 Å². The van der Waals surface area contributed by atoms with Gasteiger partial charge < -0.3 is 9.53 Å². The predicted molar refractivity (Wildman–Crippen MR) is 34.6 cm³/mol. The molecule has 5 heteroatoms. The zero-order valence-electron chi connectivity index (χ0n) is 6.25. The summed E-state index contributed by atoms with van der Waals surface area (Å²) in [6.45, 7) is 0. The van der Waals surface area contributed by atoms with Gasteiger partial charge in [0.1, 0.15) is 6.29 Å². The van der Waals surface area contributed by atoms with Gasteiger partial charge in [0.15, 0.2) is 0 Å². The Morgan fingerprint density at radius 1 is 1.33 bits per heavy atom. The lowest BCUT2D eigenvalue weighted by atomic mass is 9.83.